The molecule has 1 amide bonds. The van der Waals surface area contributed by atoms with Gasteiger partial charge in [-0.1, -0.05) is 0 Å². The molecule has 140 valence electrons. The summed E-state index contributed by atoms with van der Waals surface area (Å²) >= 11 is 0. The molecular weight excluding hydrogens is 338 g/mol. The third-order valence-corrected chi connectivity index (χ3v) is 6.00. The van der Waals surface area contributed by atoms with Crippen LogP contribution in [0.15, 0.2) is 30.7 Å². The van der Waals surface area contributed by atoms with Crippen LogP contribution in [-0.4, -0.2) is 51.9 Å². The van der Waals surface area contributed by atoms with E-state index in [1.807, 2.05) is 18.6 Å². The van der Waals surface area contributed by atoms with E-state index < -0.39 is 0 Å². The number of pyridine rings is 2. The van der Waals surface area contributed by atoms with E-state index in [4.69, 9.17) is 0 Å². The number of rotatable bonds is 5. The molecular formula is C21H25N5O. The zero-order chi connectivity index (χ0) is 18.2. The molecule has 2 N–H and O–H groups in total. The van der Waals surface area contributed by atoms with Crippen molar-refractivity contribution in [3.05, 3.63) is 36.3 Å². The molecule has 0 radical (unpaired) electrons. The van der Waals surface area contributed by atoms with Gasteiger partial charge in [-0.15, -0.1) is 0 Å². The normalized spacial score (nSPS) is 19.0. The number of fused-ring (bicyclic) bond motifs is 3. The van der Waals surface area contributed by atoms with Crippen LogP contribution in [0.4, 0.5) is 0 Å². The van der Waals surface area contributed by atoms with E-state index in [9.17, 15) is 4.79 Å². The fourth-order valence-corrected chi connectivity index (χ4v) is 4.26. The van der Waals surface area contributed by atoms with Gasteiger partial charge in [0.1, 0.15) is 5.65 Å². The van der Waals surface area contributed by atoms with Crippen LogP contribution in [0.5, 0.6) is 0 Å². The summed E-state index contributed by atoms with van der Waals surface area (Å²) in [6, 6.07) is 4.26. The zero-order valence-corrected chi connectivity index (χ0v) is 15.4. The lowest BCUT2D eigenvalue weighted by molar-refractivity contribution is -0.122. The Morgan fingerprint density at radius 2 is 2.04 bits per heavy atom. The molecule has 1 saturated carbocycles. The molecule has 4 heterocycles. The van der Waals surface area contributed by atoms with Crippen molar-refractivity contribution in [3.8, 4) is 0 Å². The highest BCUT2D eigenvalue weighted by molar-refractivity contribution is 6.05. The molecule has 0 bridgehead atoms. The Morgan fingerprint density at radius 3 is 2.85 bits per heavy atom. The summed E-state index contributed by atoms with van der Waals surface area (Å²) in [6.45, 7) is 3.32. The minimum atomic E-state index is 0.176. The lowest BCUT2D eigenvalue weighted by Crippen LogP contribution is -2.41. The van der Waals surface area contributed by atoms with E-state index in [1.54, 1.807) is 0 Å². The van der Waals surface area contributed by atoms with E-state index in [2.05, 4.69) is 37.3 Å². The van der Waals surface area contributed by atoms with Gasteiger partial charge < -0.3 is 10.3 Å². The van der Waals surface area contributed by atoms with Gasteiger partial charge in [0.15, 0.2) is 0 Å². The van der Waals surface area contributed by atoms with E-state index >= 15 is 0 Å². The second kappa shape index (κ2) is 6.93. The Bertz CT molecular complexity index is 969. The highest BCUT2D eigenvalue weighted by Gasteiger charge is 2.25. The third kappa shape index (κ3) is 3.41. The summed E-state index contributed by atoms with van der Waals surface area (Å²) in [5.74, 6) is 1.41. The van der Waals surface area contributed by atoms with Crippen LogP contribution in [0.3, 0.4) is 0 Å². The molecule has 0 unspecified atom stereocenters. The standard InChI is InChI=1S/C21H25N5O/c27-19(24-11-14-1-2-14)13-26-9-5-15(6-10-26)16-3-7-22-18-12-25-21-17(20(16)18)4-8-23-21/h3-4,7-8,12,14-15H,1-2,5-6,9-11,13H2,(H,23,25)(H,24,27). The Hall–Kier alpha value is -2.47. The van der Waals surface area contributed by atoms with Gasteiger partial charge in [-0.2, -0.15) is 0 Å². The van der Waals surface area contributed by atoms with Crippen molar-refractivity contribution in [2.45, 2.75) is 31.6 Å². The van der Waals surface area contributed by atoms with E-state index in [0.717, 1.165) is 54.9 Å². The Balaban J connectivity index is 1.29. The summed E-state index contributed by atoms with van der Waals surface area (Å²) in [7, 11) is 0. The zero-order valence-electron chi connectivity index (χ0n) is 15.4. The smallest absolute Gasteiger partial charge is 0.234 e. The number of hydrogen-bond acceptors (Lipinski definition) is 4. The number of likely N-dealkylation sites (tertiary alicyclic amines) is 1. The lowest BCUT2D eigenvalue weighted by Gasteiger charge is -2.32. The number of amides is 1. The summed E-state index contributed by atoms with van der Waals surface area (Å²) in [4.78, 5) is 26.6. The number of carbonyl (C=O) groups is 1. The molecule has 6 heteroatoms. The number of nitrogens with one attached hydrogen (secondary N) is 2. The first kappa shape index (κ1) is 16.7. The van der Waals surface area contributed by atoms with Crippen LogP contribution >= 0.6 is 0 Å². The van der Waals surface area contributed by atoms with Gasteiger partial charge >= 0.3 is 0 Å². The largest absolute Gasteiger partial charge is 0.355 e. The number of aromatic amines is 1. The van der Waals surface area contributed by atoms with Crippen LogP contribution in [0, 0.1) is 5.92 Å². The maximum atomic E-state index is 12.1. The van der Waals surface area contributed by atoms with Crippen molar-refractivity contribution in [2.75, 3.05) is 26.2 Å². The summed E-state index contributed by atoms with van der Waals surface area (Å²) in [5.41, 5.74) is 3.24. The van der Waals surface area contributed by atoms with Gasteiger partial charge in [-0.05, 0) is 68.3 Å². The van der Waals surface area contributed by atoms with Crippen molar-refractivity contribution < 1.29 is 4.79 Å². The SMILES string of the molecule is O=C(CN1CCC(c2ccnc3cnc4[nH]ccc4c23)CC1)NCC1CC1. The number of aromatic nitrogens is 3. The maximum Gasteiger partial charge on any atom is 0.234 e. The van der Waals surface area contributed by atoms with E-state index in [-0.39, 0.29) is 5.91 Å². The quantitative estimate of drug-likeness (QED) is 0.731. The predicted octanol–water partition coefficient (Wildman–Crippen LogP) is 2.82. The molecule has 0 atom stereocenters. The van der Waals surface area contributed by atoms with Gasteiger partial charge in [0.05, 0.1) is 18.3 Å². The van der Waals surface area contributed by atoms with Crippen LogP contribution in [0.25, 0.3) is 21.9 Å². The monoisotopic (exact) mass is 363 g/mol. The Labute approximate surface area is 158 Å². The van der Waals surface area contributed by atoms with Gasteiger partial charge in [0.2, 0.25) is 5.91 Å². The first-order valence-electron chi connectivity index (χ1n) is 9.97. The fraction of sp³-hybridized carbons (Fsp3) is 0.476. The van der Waals surface area contributed by atoms with E-state index in [0.29, 0.717) is 12.5 Å². The van der Waals surface area contributed by atoms with Crippen LogP contribution in [-0.2, 0) is 4.79 Å². The van der Waals surface area contributed by atoms with Crippen molar-refractivity contribution in [1.29, 1.82) is 0 Å². The predicted molar refractivity (Wildman–Crippen MR) is 106 cm³/mol. The third-order valence-electron chi connectivity index (χ3n) is 6.00. The molecule has 1 aliphatic heterocycles. The highest BCUT2D eigenvalue weighted by atomic mass is 16.2. The maximum absolute atomic E-state index is 12.1. The molecule has 1 aliphatic carbocycles. The molecule has 5 rings (SSSR count). The molecule has 6 nitrogen and oxygen atoms in total. The minimum absolute atomic E-state index is 0.176. The van der Waals surface area contributed by atoms with Crippen molar-refractivity contribution >= 4 is 27.8 Å². The highest BCUT2D eigenvalue weighted by Crippen LogP contribution is 2.35. The van der Waals surface area contributed by atoms with Crippen LogP contribution < -0.4 is 5.32 Å². The van der Waals surface area contributed by atoms with E-state index in [1.165, 1.54) is 23.8 Å². The van der Waals surface area contributed by atoms with Crippen molar-refractivity contribution in [1.82, 2.24) is 25.2 Å². The van der Waals surface area contributed by atoms with Crippen molar-refractivity contribution in [2.24, 2.45) is 5.92 Å². The topological polar surface area (TPSA) is 73.9 Å². The second-order valence-corrected chi connectivity index (χ2v) is 7.96. The molecule has 2 aliphatic rings. The van der Waals surface area contributed by atoms with Gasteiger partial charge in [-0.25, -0.2) is 4.98 Å². The number of H-pyrrole nitrogens is 1. The Kier molecular flexibility index (Phi) is 4.28. The van der Waals surface area contributed by atoms with Gasteiger partial charge in [0.25, 0.3) is 0 Å². The van der Waals surface area contributed by atoms with Gasteiger partial charge in [-0.3, -0.25) is 14.7 Å². The average molecular weight is 363 g/mol. The molecule has 0 aromatic carbocycles. The first-order valence-corrected chi connectivity index (χ1v) is 9.97. The summed E-state index contributed by atoms with van der Waals surface area (Å²) < 4.78 is 0. The molecule has 3 aromatic rings. The number of carbonyl (C=O) groups excluding carboxylic acids is 1. The summed E-state index contributed by atoms with van der Waals surface area (Å²) in [6.07, 6.45) is 10.4. The molecule has 3 aromatic heterocycles. The lowest BCUT2D eigenvalue weighted by atomic mass is 9.87. The van der Waals surface area contributed by atoms with Crippen molar-refractivity contribution in [3.63, 3.8) is 0 Å². The fourth-order valence-electron chi connectivity index (χ4n) is 4.26. The molecule has 27 heavy (non-hydrogen) atoms. The molecule has 2 fully saturated rings. The first-order chi connectivity index (χ1) is 13.3. The number of hydrogen-bond donors (Lipinski definition) is 2. The number of piperidine rings is 1. The Morgan fingerprint density at radius 1 is 1.19 bits per heavy atom. The average Bonchev–Trinajstić information content (AvgIpc) is 3.40. The van der Waals surface area contributed by atoms with Crippen LogP contribution in [0.1, 0.15) is 37.2 Å². The van der Waals surface area contributed by atoms with Gasteiger partial charge in [0, 0.05) is 29.7 Å². The second-order valence-electron chi connectivity index (χ2n) is 7.96. The summed E-state index contributed by atoms with van der Waals surface area (Å²) in [5, 5.41) is 5.45. The van der Waals surface area contributed by atoms with Crippen LogP contribution in [0.2, 0.25) is 0 Å². The molecule has 0 spiro atoms. The minimum Gasteiger partial charge on any atom is -0.355 e. The number of nitrogens with zero attached hydrogens (tertiary/aromatic N) is 3. The molecule has 1 saturated heterocycles.